The first-order chi connectivity index (χ1) is 12.2. The van der Waals surface area contributed by atoms with Gasteiger partial charge in [0.2, 0.25) is 0 Å². The van der Waals surface area contributed by atoms with Crippen molar-refractivity contribution < 1.29 is 4.79 Å². The van der Waals surface area contributed by atoms with E-state index in [1.165, 1.54) is 31.2 Å². The zero-order valence-corrected chi connectivity index (χ0v) is 15.2. The number of imidazole rings is 1. The van der Waals surface area contributed by atoms with E-state index < -0.39 is 0 Å². The number of carbonyl (C=O) groups excluding carboxylic acids is 1. The molecule has 5 nitrogen and oxygen atoms in total. The van der Waals surface area contributed by atoms with E-state index in [-0.39, 0.29) is 11.9 Å². The fraction of sp³-hybridized carbons (Fsp3) is 0.500. The lowest BCUT2D eigenvalue weighted by Crippen LogP contribution is -2.39. The molecule has 25 heavy (non-hydrogen) atoms. The van der Waals surface area contributed by atoms with Gasteiger partial charge in [0.15, 0.2) is 0 Å². The number of hydrogen-bond acceptors (Lipinski definition) is 3. The summed E-state index contributed by atoms with van der Waals surface area (Å²) in [5.41, 5.74) is 2.68. The zero-order valence-electron chi connectivity index (χ0n) is 15.2. The molecule has 1 aromatic heterocycles. The molecule has 1 aliphatic rings. The van der Waals surface area contributed by atoms with Gasteiger partial charge in [0.25, 0.3) is 5.91 Å². The van der Waals surface area contributed by atoms with E-state index in [9.17, 15) is 4.79 Å². The van der Waals surface area contributed by atoms with E-state index in [2.05, 4.69) is 39.5 Å². The van der Waals surface area contributed by atoms with Gasteiger partial charge in [0, 0.05) is 13.6 Å². The van der Waals surface area contributed by atoms with Crippen molar-refractivity contribution in [2.24, 2.45) is 7.05 Å². The van der Waals surface area contributed by atoms with Crippen molar-refractivity contribution in [3.05, 3.63) is 53.6 Å². The van der Waals surface area contributed by atoms with Gasteiger partial charge in [0.1, 0.15) is 5.69 Å². The largest absolute Gasteiger partial charge is 0.349 e. The van der Waals surface area contributed by atoms with E-state index in [0.29, 0.717) is 12.2 Å². The summed E-state index contributed by atoms with van der Waals surface area (Å²) in [5.74, 6) is -0.0479. The lowest BCUT2D eigenvalue weighted by Gasteiger charge is -2.31. The average Bonchev–Trinajstić information content (AvgIpc) is 2.81. The van der Waals surface area contributed by atoms with Gasteiger partial charge in [-0.15, -0.1) is 0 Å². The molecule has 1 aliphatic heterocycles. The second-order valence-corrected chi connectivity index (χ2v) is 6.88. The van der Waals surface area contributed by atoms with Gasteiger partial charge in [-0.05, 0) is 38.4 Å². The highest BCUT2D eigenvalue weighted by atomic mass is 16.2. The van der Waals surface area contributed by atoms with Gasteiger partial charge in [-0.25, -0.2) is 4.98 Å². The van der Waals surface area contributed by atoms with E-state index in [1.807, 2.05) is 20.0 Å². The molecule has 1 N–H and O–H groups in total. The standard InChI is InChI=1S/C20H28N4O/c1-16-19(23(2)15-22-16)20(25)21-14-18(17-10-6-5-7-11-17)24-12-8-3-4-9-13-24/h5-7,10-11,15,18H,3-4,8-9,12-14H2,1-2H3,(H,21,25). The number of likely N-dealkylation sites (tertiary alicyclic amines) is 1. The number of rotatable bonds is 5. The Labute approximate surface area is 150 Å². The molecule has 1 atom stereocenters. The van der Waals surface area contributed by atoms with Gasteiger partial charge in [-0.1, -0.05) is 43.2 Å². The number of carbonyl (C=O) groups is 1. The molecule has 1 amide bonds. The topological polar surface area (TPSA) is 50.2 Å². The predicted octanol–water partition coefficient (Wildman–Crippen LogP) is 3.08. The normalized spacial score (nSPS) is 17.0. The highest BCUT2D eigenvalue weighted by Gasteiger charge is 2.23. The van der Waals surface area contributed by atoms with Gasteiger partial charge in [-0.3, -0.25) is 9.69 Å². The van der Waals surface area contributed by atoms with Crippen LogP contribution in [-0.2, 0) is 7.05 Å². The number of benzene rings is 1. The molecule has 1 unspecified atom stereocenters. The van der Waals surface area contributed by atoms with Crippen LogP contribution in [-0.4, -0.2) is 40.0 Å². The van der Waals surface area contributed by atoms with Crippen molar-refractivity contribution >= 4 is 5.91 Å². The molecular formula is C20H28N4O. The molecule has 1 fully saturated rings. The SMILES string of the molecule is Cc1ncn(C)c1C(=O)NCC(c1ccccc1)N1CCCCCC1. The fourth-order valence-corrected chi connectivity index (χ4v) is 3.68. The molecule has 2 heterocycles. The third-order valence-electron chi connectivity index (χ3n) is 5.06. The van der Waals surface area contributed by atoms with E-state index in [4.69, 9.17) is 0 Å². The minimum Gasteiger partial charge on any atom is -0.349 e. The van der Waals surface area contributed by atoms with Crippen LogP contribution in [0.1, 0.15) is 53.5 Å². The summed E-state index contributed by atoms with van der Waals surface area (Å²) < 4.78 is 1.79. The Morgan fingerprint density at radius 1 is 1.16 bits per heavy atom. The molecule has 5 heteroatoms. The molecule has 3 rings (SSSR count). The van der Waals surface area contributed by atoms with E-state index >= 15 is 0 Å². The summed E-state index contributed by atoms with van der Waals surface area (Å²) in [4.78, 5) is 19.4. The Bertz CT molecular complexity index is 667. The second-order valence-electron chi connectivity index (χ2n) is 6.88. The summed E-state index contributed by atoms with van der Waals surface area (Å²) in [6, 6.07) is 10.7. The Morgan fingerprint density at radius 2 is 1.84 bits per heavy atom. The Balaban J connectivity index is 1.74. The zero-order chi connectivity index (χ0) is 17.6. The number of hydrogen-bond donors (Lipinski definition) is 1. The first-order valence-electron chi connectivity index (χ1n) is 9.22. The third-order valence-corrected chi connectivity index (χ3v) is 5.06. The number of nitrogens with zero attached hydrogens (tertiary/aromatic N) is 3. The van der Waals surface area contributed by atoms with E-state index in [1.54, 1.807) is 10.9 Å². The van der Waals surface area contributed by atoms with Crippen molar-refractivity contribution in [1.82, 2.24) is 19.8 Å². The van der Waals surface area contributed by atoms with Crippen LogP contribution in [0.15, 0.2) is 36.7 Å². The van der Waals surface area contributed by atoms with E-state index in [0.717, 1.165) is 18.8 Å². The molecule has 0 aliphatic carbocycles. The maximum atomic E-state index is 12.6. The molecule has 0 spiro atoms. The molecule has 1 saturated heterocycles. The predicted molar refractivity (Wildman–Crippen MR) is 99.5 cm³/mol. The fourth-order valence-electron chi connectivity index (χ4n) is 3.68. The maximum Gasteiger partial charge on any atom is 0.269 e. The van der Waals surface area contributed by atoms with Crippen LogP contribution < -0.4 is 5.32 Å². The van der Waals surface area contributed by atoms with Crippen molar-refractivity contribution in [3.8, 4) is 0 Å². The maximum absolute atomic E-state index is 12.6. The minimum atomic E-state index is -0.0479. The summed E-state index contributed by atoms with van der Waals surface area (Å²) in [6.45, 7) is 4.69. The van der Waals surface area contributed by atoms with Crippen LogP contribution in [0.25, 0.3) is 0 Å². The lowest BCUT2D eigenvalue weighted by atomic mass is 10.0. The first kappa shape index (κ1) is 17.7. The molecule has 0 bridgehead atoms. The average molecular weight is 340 g/mol. The third kappa shape index (κ3) is 4.28. The van der Waals surface area contributed by atoms with Crippen LogP contribution in [0.2, 0.25) is 0 Å². The highest BCUT2D eigenvalue weighted by molar-refractivity contribution is 5.93. The smallest absolute Gasteiger partial charge is 0.269 e. The summed E-state index contributed by atoms with van der Waals surface area (Å²) in [5, 5.41) is 3.14. The van der Waals surface area contributed by atoms with Gasteiger partial charge in [-0.2, -0.15) is 0 Å². The Hall–Kier alpha value is -2.14. The van der Waals surface area contributed by atoms with Gasteiger partial charge < -0.3 is 9.88 Å². The minimum absolute atomic E-state index is 0.0479. The van der Waals surface area contributed by atoms with Crippen LogP contribution >= 0.6 is 0 Å². The number of aryl methyl sites for hydroxylation is 2. The van der Waals surface area contributed by atoms with Gasteiger partial charge in [0.05, 0.1) is 18.1 Å². The highest BCUT2D eigenvalue weighted by Crippen LogP contribution is 2.23. The molecule has 2 aromatic rings. The van der Waals surface area contributed by atoms with Crippen molar-refractivity contribution in [3.63, 3.8) is 0 Å². The molecular weight excluding hydrogens is 312 g/mol. The Kier molecular flexibility index (Phi) is 5.87. The summed E-state index contributed by atoms with van der Waals surface area (Å²) in [6.07, 6.45) is 6.77. The molecule has 1 aromatic carbocycles. The van der Waals surface area contributed by atoms with Crippen LogP contribution in [0.4, 0.5) is 0 Å². The van der Waals surface area contributed by atoms with Crippen LogP contribution in [0.5, 0.6) is 0 Å². The Morgan fingerprint density at radius 3 is 2.44 bits per heavy atom. The molecule has 134 valence electrons. The van der Waals surface area contributed by atoms with Crippen molar-refractivity contribution in [2.75, 3.05) is 19.6 Å². The quantitative estimate of drug-likeness (QED) is 0.910. The molecule has 0 saturated carbocycles. The second kappa shape index (κ2) is 8.30. The number of aromatic nitrogens is 2. The number of amides is 1. The van der Waals surface area contributed by atoms with Gasteiger partial charge >= 0.3 is 0 Å². The number of nitrogens with one attached hydrogen (secondary N) is 1. The van der Waals surface area contributed by atoms with Crippen LogP contribution in [0, 0.1) is 6.92 Å². The monoisotopic (exact) mass is 340 g/mol. The van der Waals surface area contributed by atoms with Crippen molar-refractivity contribution in [1.29, 1.82) is 0 Å². The lowest BCUT2D eigenvalue weighted by molar-refractivity contribution is 0.0924. The van der Waals surface area contributed by atoms with Crippen molar-refractivity contribution in [2.45, 2.75) is 38.6 Å². The summed E-state index contributed by atoms with van der Waals surface area (Å²) in [7, 11) is 1.86. The molecule has 0 radical (unpaired) electrons. The van der Waals surface area contributed by atoms with Crippen LogP contribution in [0.3, 0.4) is 0 Å². The first-order valence-corrected chi connectivity index (χ1v) is 9.22. The summed E-state index contributed by atoms with van der Waals surface area (Å²) >= 11 is 0.